The normalized spacial score (nSPS) is 16.7. The minimum atomic E-state index is 0.279. The van der Waals surface area contributed by atoms with E-state index in [4.69, 9.17) is 0 Å². The molecule has 0 atom stereocenters. The van der Waals surface area contributed by atoms with Crippen molar-refractivity contribution in [2.45, 2.75) is 45.4 Å². The van der Waals surface area contributed by atoms with Gasteiger partial charge in [0, 0.05) is 35.8 Å². The average molecular weight is 490 g/mol. The van der Waals surface area contributed by atoms with Crippen LogP contribution in [0.5, 0.6) is 0 Å². The van der Waals surface area contributed by atoms with Crippen molar-refractivity contribution < 1.29 is 0 Å². The Kier molecular flexibility index (Phi) is 4.16. The molecule has 0 saturated heterocycles. The van der Waals surface area contributed by atoms with Crippen LogP contribution in [0.3, 0.4) is 0 Å². The predicted octanol–water partition coefficient (Wildman–Crippen LogP) is 6.43. The lowest BCUT2D eigenvalue weighted by Gasteiger charge is -2.48. The molecule has 184 valence electrons. The number of nitrogens with zero attached hydrogens (tertiary/aromatic N) is 2. The zero-order valence-corrected chi connectivity index (χ0v) is 22.2. The maximum absolute atomic E-state index is 2.71. The molecule has 0 N–H and O–H groups in total. The van der Waals surface area contributed by atoms with Crippen LogP contribution in [0, 0.1) is 0 Å². The molecule has 38 heavy (non-hydrogen) atoms. The quantitative estimate of drug-likeness (QED) is 0.250. The Balaban J connectivity index is 1.47. The lowest BCUT2D eigenvalue weighted by molar-refractivity contribution is 0.764. The molecule has 0 bridgehead atoms. The molecule has 0 aromatic heterocycles. The first-order chi connectivity index (χ1) is 18.7. The summed E-state index contributed by atoms with van der Waals surface area (Å²) < 4.78 is 0. The first-order valence-electron chi connectivity index (χ1n) is 14.5. The van der Waals surface area contributed by atoms with Crippen LogP contribution in [-0.2, 0) is 12.8 Å². The highest BCUT2D eigenvalue weighted by atomic mass is 15.2. The maximum atomic E-state index is 2.71. The molecule has 0 spiro atoms. The van der Waals surface area contributed by atoms with Crippen LogP contribution in [0.25, 0.3) is 21.5 Å². The molecule has 0 amide bonds. The number of hydrogen-bond acceptors (Lipinski definition) is 2. The summed E-state index contributed by atoms with van der Waals surface area (Å²) in [5.74, 6) is 0.500. The van der Waals surface area contributed by atoms with Gasteiger partial charge in [0.15, 0.2) is 0 Å². The highest BCUT2D eigenvalue weighted by molar-refractivity contribution is 7.00. The van der Waals surface area contributed by atoms with Crippen LogP contribution in [0.2, 0.25) is 0 Å². The van der Waals surface area contributed by atoms with Crippen molar-refractivity contribution in [3.05, 3.63) is 89.5 Å². The third-order valence-corrected chi connectivity index (χ3v) is 9.79. The van der Waals surface area contributed by atoms with Crippen molar-refractivity contribution in [3.63, 3.8) is 0 Å². The van der Waals surface area contributed by atoms with E-state index in [0.29, 0.717) is 5.92 Å². The Morgan fingerprint density at radius 3 is 1.66 bits per heavy atom. The molecule has 0 fully saturated rings. The van der Waals surface area contributed by atoms with E-state index in [9.17, 15) is 0 Å². The monoisotopic (exact) mass is 490 g/mol. The van der Waals surface area contributed by atoms with Crippen LogP contribution in [0.1, 0.15) is 49.3 Å². The van der Waals surface area contributed by atoms with Crippen molar-refractivity contribution in [1.29, 1.82) is 0 Å². The van der Waals surface area contributed by atoms with Gasteiger partial charge in [-0.15, -0.1) is 0 Å². The van der Waals surface area contributed by atoms with Gasteiger partial charge in [-0.05, 0) is 98.4 Å². The van der Waals surface area contributed by atoms with E-state index in [0.717, 1.165) is 13.1 Å². The second-order valence-corrected chi connectivity index (χ2v) is 12.1. The number of anilines is 4. The number of benzene rings is 5. The zero-order chi connectivity index (χ0) is 25.1. The smallest absolute Gasteiger partial charge is 0.252 e. The van der Waals surface area contributed by atoms with Gasteiger partial charge in [0.2, 0.25) is 0 Å². The average Bonchev–Trinajstić information content (AvgIpc) is 2.96. The van der Waals surface area contributed by atoms with Gasteiger partial charge in [-0.1, -0.05) is 74.5 Å². The summed E-state index contributed by atoms with van der Waals surface area (Å²) in [6.45, 7) is 7.19. The third-order valence-electron chi connectivity index (χ3n) is 9.79. The van der Waals surface area contributed by atoms with Gasteiger partial charge >= 0.3 is 0 Å². The van der Waals surface area contributed by atoms with Crippen molar-refractivity contribution in [3.8, 4) is 0 Å². The van der Waals surface area contributed by atoms with E-state index in [-0.39, 0.29) is 6.71 Å². The van der Waals surface area contributed by atoms with Gasteiger partial charge in [0.05, 0.1) is 0 Å². The van der Waals surface area contributed by atoms with Crippen LogP contribution < -0.4 is 26.2 Å². The molecular weight excluding hydrogens is 459 g/mol. The Bertz CT molecular complexity index is 1710. The van der Waals surface area contributed by atoms with E-state index in [2.05, 4.69) is 96.4 Å². The molecule has 5 aromatic carbocycles. The highest BCUT2D eigenvalue weighted by Gasteiger charge is 2.45. The fourth-order valence-corrected chi connectivity index (χ4v) is 8.19. The van der Waals surface area contributed by atoms with Crippen LogP contribution in [-0.4, -0.2) is 19.8 Å². The Hall–Kier alpha value is -3.72. The first kappa shape index (κ1) is 21.2. The lowest BCUT2D eigenvalue weighted by atomic mass is 9.32. The second kappa shape index (κ2) is 7.44. The maximum Gasteiger partial charge on any atom is 0.252 e. The zero-order valence-electron chi connectivity index (χ0n) is 22.2. The molecule has 9 rings (SSSR count). The fraction of sp³-hybridized carbons (Fsp3) is 0.257. The summed E-state index contributed by atoms with van der Waals surface area (Å²) in [5.41, 5.74) is 15.1. The summed E-state index contributed by atoms with van der Waals surface area (Å²) in [6, 6.07) is 28.4. The minimum Gasteiger partial charge on any atom is -0.342 e. The molecule has 2 nitrogen and oxygen atoms in total. The van der Waals surface area contributed by atoms with Crippen LogP contribution >= 0.6 is 0 Å². The van der Waals surface area contributed by atoms with Crippen LogP contribution in [0.4, 0.5) is 22.7 Å². The van der Waals surface area contributed by atoms with Crippen LogP contribution in [0.15, 0.2) is 72.8 Å². The topological polar surface area (TPSA) is 6.48 Å². The van der Waals surface area contributed by atoms with E-state index in [1.54, 1.807) is 16.6 Å². The second-order valence-electron chi connectivity index (χ2n) is 12.1. The van der Waals surface area contributed by atoms with E-state index < -0.39 is 0 Å². The first-order valence-corrected chi connectivity index (χ1v) is 14.5. The number of hydrogen-bond donors (Lipinski definition) is 0. The molecule has 0 saturated carbocycles. The summed E-state index contributed by atoms with van der Waals surface area (Å²) >= 11 is 0. The van der Waals surface area contributed by atoms with Gasteiger partial charge in [-0.2, -0.15) is 0 Å². The summed E-state index contributed by atoms with van der Waals surface area (Å²) in [5, 5.41) is 5.67. The van der Waals surface area contributed by atoms with E-state index in [1.165, 1.54) is 86.5 Å². The fourth-order valence-electron chi connectivity index (χ4n) is 8.19. The molecule has 0 radical (unpaired) electrons. The third kappa shape index (κ3) is 2.60. The van der Waals surface area contributed by atoms with Crippen molar-refractivity contribution in [1.82, 2.24) is 0 Å². The standard InChI is InChI=1S/C35H31BN2/c1-21(2)24-19-31-33-32(20-24)38-16-8-14-28-26-12-6-4-10-23(26)18-30(35(28)38)36(33)29-17-22-9-3-5-11-25(22)27-13-7-15-37(31)34(27)29/h3-6,9-12,17-21H,7-8,13-16H2,1-2H3. The summed E-state index contributed by atoms with van der Waals surface area (Å²) in [6.07, 6.45) is 4.75. The van der Waals surface area contributed by atoms with Crippen molar-refractivity contribution in [2.24, 2.45) is 0 Å². The van der Waals surface area contributed by atoms with E-state index in [1.807, 2.05) is 0 Å². The Morgan fingerprint density at radius 2 is 1.16 bits per heavy atom. The highest BCUT2D eigenvalue weighted by Crippen LogP contribution is 2.46. The molecule has 4 aliphatic heterocycles. The molecule has 3 heteroatoms. The van der Waals surface area contributed by atoms with Gasteiger partial charge in [-0.25, -0.2) is 0 Å². The molecule has 4 heterocycles. The molecule has 5 aromatic rings. The molecular formula is C35H31BN2. The molecule has 4 aliphatic rings. The van der Waals surface area contributed by atoms with Crippen molar-refractivity contribution in [2.75, 3.05) is 22.9 Å². The Morgan fingerprint density at radius 1 is 0.658 bits per heavy atom. The van der Waals surface area contributed by atoms with Gasteiger partial charge in [-0.3, -0.25) is 0 Å². The summed E-state index contributed by atoms with van der Waals surface area (Å²) in [4.78, 5) is 5.41. The number of rotatable bonds is 1. The Labute approximate surface area is 225 Å². The lowest BCUT2D eigenvalue weighted by Crippen LogP contribution is -2.63. The molecule has 0 aliphatic carbocycles. The summed E-state index contributed by atoms with van der Waals surface area (Å²) in [7, 11) is 0. The SMILES string of the molecule is CC(C)c1cc2c3c(c1)N1CCCc4c1c(cc1ccccc41)B3c1cc3ccccc3c3c1N2CCC3. The largest absolute Gasteiger partial charge is 0.342 e. The predicted molar refractivity (Wildman–Crippen MR) is 164 cm³/mol. The van der Waals surface area contributed by atoms with E-state index >= 15 is 0 Å². The molecule has 0 unspecified atom stereocenters. The van der Waals surface area contributed by atoms with Gasteiger partial charge in [0.1, 0.15) is 0 Å². The number of fused-ring (bicyclic) bond motifs is 8. The van der Waals surface area contributed by atoms with Gasteiger partial charge < -0.3 is 9.80 Å². The van der Waals surface area contributed by atoms with Gasteiger partial charge in [0.25, 0.3) is 6.71 Å². The minimum absolute atomic E-state index is 0.279. The van der Waals surface area contributed by atoms with Crippen molar-refractivity contribution >= 4 is 67.4 Å². The number of aryl methyl sites for hydroxylation is 2.